The first-order valence-corrected chi connectivity index (χ1v) is 23.8. The topological polar surface area (TPSA) is 186 Å². The van der Waals surface area contributed by atoms with E-state index in [0.717, 1.165) is 72.4 Å². The number of methoxy groups -OCH3 is 2. The van der Waals surface area contributed by atoms with Crippen LogP contribution >= 0.6 is 0 Å². The van der Waals surface area contributed by atoms with Gasteiger partial charge in [0, 0.05) is 126 Å². The lowest BCUT2D eigenvalue weighted by atomic mass is 10.0. The van der Waals surface area contributed by atoms with Gasteiger partial charge in [-0.3, -0.25) is 10.1 Å². The lowest BCUT2D eigenvalue weighted by Gasteiger charge is -2.24. The van der Waals surface area contributed by atoms with Gasteiger partial charge in [-0.1, -0.05) is 36.4 Å². The molecule has 0 amide bonds. The van der Waals surface area contributed by atoms with E-state index in [1.807, 2.05) is 30.1 Å². The minimum atomic E-state index is -2.25. The van der Waals surface area contributed by atoms with E-state index in [1.54, 1.807) is 50.6 Å². The molecule has 6 heterocycles. The highest BCUT2D eigenvalue weighted by Gasteiger charge is 2.24. The van der Waals surface area contributed by atoms with Crippen LogP contribution < -0.4 is 35.6 Å². The first kappa shape index (κ1) is 41.8. The van der Waals surface area contributed by atoms with Gasteiger partial charge in [0.15, 0.2) is 0 Å². The van der Waals surface area contributed by atoms with Crippen molar-refractivity contribution in [2.45, 2.75) is 38.8 Å². The zero-order valence-corrected chi connectivity index (χ0v) is 41.4. The highest BCUT2D eigenvalue weighted by atomic mass is 16.6. The number of likely N-dealkylation sites (N-methyl/N-ethyl adjacent to an activating group) is 4. The molecule has 0 fully saturated rings. The number of nitrogen functional groups attached to an aromatic ring is 1. The first-order valence-electron chi connectivity index (χ1n) is 26.8. The lowest BCUT2D eigenvalue weighted by molar-refractivity contribution is -0.384. The lowest BCUT2D eigenvalue weighted by Crippen LogP contribution is -2.29. The summed E-state index contributed by atoms with van der Waals surface area (Å²) in [5, 5.41) is 20.7. The number of anilines is 7. The fourth-order valence-corrected chi connectivity index (χ4v) is 9.60. The number of nitrogens with zero attached hydrogens (tertiary/aromatic N) is 11. The quantitative estimate of drug-likeness (QED) is 0.0445. The van der Waals surface area contributed by atoms with E-state index in [1.165, 1.54) is 57.6 Å². The molecule has 0 aliphatic carbocycles. The van der Waals surface area contributed by atoms with Crippen molar-refractivity contribution in [3.05, 3.63) is 119 Å². The van der Waals surface area contributed by atoms with Crippen LogP contribution in [0.4, 0.5) is 46.0 Å². The molecule has 0 saturated heterocycles. The van der Waals surface area contributed by atoms with Gasteiger partial charge in [-0.25, -0.2) is 19.9 Å². The number of aryl methyl sites for hydroxylation is 4. The maximum Gasteiger partial charge on any atom is 0.294 e. The Morgan fingerprint density at radius 1 is 0.694 bits per heavy atom. The van der Waals surface area contributed by atoms with E-state index in [2.05, 4.69) is 78.5 Å². The summed E-state index contributed by atoms with van der Waals surface area (Å²) >= 11 is 0. The van der Waals surface area contributed by atoms with Crippen LogP contribution in [-0.4, -0.2) is 126 Å². The number of nitrogens with two attached hydrogens (primary N) is 1. The van der Waals surface area contributed by atoms with Crippen LogP contribution in [0.3, 0.4) is 0 Å². The number of benzene rings is 4. The summed E-state index contributed by atoms with van der Waals surface area (Å²) in [5.41, 5.74) is 17.7. The number of nitro benzene ring substituents is 1. The number of ether oxygens (including phenoxy) is 2. The van der Waals surface area contributed by atoms with Crippen LogP contribution in [0.15, 0.2) is 97.6 Å². The van der Waals surface area contributed by atoms with Crippen LogP contribution in [0.5, 0.6) is 11.5 Å². The normalized spacial score (nSPS) is 14.3. The molecule has 72 heavy (non-hydrogen) atoms. The molecule has 0 unspecified atom stereocenters. The average molecular weight is 979 g/mol. The Morgan fingerprint density at radius 2 is 1.18 bits per heavy atom. The molecule has 10 rings (SSSR count). The molecular weight excluding hydrogens is 909 g/mol. The fourth-order valence-electron chi connectivity index (χ4n) is 9.60. The molecule has 4 N–H and O–H groups in total. The Bertz CT molecular complexity index is 3490. The van der Waals surface area contributed by atoms with Gasteiger partial charge in [-0.2, -0.15) is 0 Å². The molecule has 18 heteroatoms. The van der Waals surface area contributed by atoms with Gasteiger partial charge in [0.25, 0.3) is 5.69 Å². The second-order valence-corrected chi connectivity index (χ2v) is 18.2. The van der Waals surface area contributed by atoms with E-state index < -0.39 is 18.9 Å². The Kier molecular flexibility index (Phi) is 12.3. The summed E-state index contributed by atoms with van der Waals surface area (Å²) in [6, 6.07) is 23.2. The van der Waals surface area contributed by atoms with Gasteiger partial charge in [-0.15, -0.1) is 0 Å². The zero-order valence-electron chi connectivity index (χ0n) is 47.4. The van der Waals surface area contributed by atoms with Gasteiger partial charge in [-0.05, 0) is 83.1 Å². The van der Waals surface area contributed by atoms with E-state index >= 15 is 0 Å². The number of hydrogen-bond acceptors (Lipinski definition) is 15. The summed E-state index contributed by atoms with van der Waals surface area (Å²) in [6.07, 6.45) is 12.1. The van der Waals surface area contributed by atoms with Gasteiger partial charge in [0.05, 0.1) is 64.3 Å². The molecule has 18 nitrogen and oxygen atoms in total. The van der Waals surface area contributed by atoms with Crippen LogP contribution in [0, 0.1) is 10.1 Å². The summed E-state index contributed by atoms with van der Waals surface area (Å²) in [7, 11) is 9.68. The summed E-state index contributed by atoms with van der Waals surface area (Å²) in [6.45, 7) is -1.15. The Labute approximate surface area is 428 Å². The largest absolute Gasteiger partial charge is 0.494 e. The van der Waals surface area contributed by atoms with E-state index in [-0.39, 0.29) is 24.7 Å². The highest BCUT2D eigenvalue weighted by Crippen LogP contribution is 2.41. The van der Waals surface area contributed by atoms with Gasteiger partial charge >= 0.3 is 0 Å². The minimum Gasteiger partial charge on any atom is -0.494 e. The molecule has 0 radical (unpaired) electrons. The standard InChI is InChI=1S/C27H31N7O3.C27H33N7O/c1-31(2)13-14-32(3)23-16-25(37-4)22(15-24(23)34(35)36)30-27-28-11-10-21(29-27)20-17-33-12-6-8-18-7-5-9-19(20)26(18)33;1-32(2)13-14-33(3)24-16-25(35-4)23(15-21(24)28)31-27-29-11-10-22(30-27)20-17-34-12-6-8-18-7-5-9-19(20)26(18)34/h5,7,9-11,15-17H,6,8,12-14H2,1-4H3,(H,28,29,30);5,7,9-11,15-17H,6,8,12-14,28H2,1-4H3,(H,29,30,31)/i2*1D3. The van der Waals surface area contributed by atoms with E-state index in [0.29, 0.717) is 53.3 Å². The molecule has 8 aromatic rings. The average Bonchev–Trinajstić information content (AvgIpc) is 4.19. The third kappa shape index (κ3) is 10.3. The molecule has 4 aromatic heterocycles. The molecule has 374 valence electrons. The molecular formula is C54H64N14O4. The number of para-hydroxylation sites is 2. The van der Waals surface area contributed by atoms with Crippen LogP contribution in [-0.2, 0) is 25.9 Å². The Morgan fingerprint density at radius 3 is 1.67 bits per heavy atom. The number of hydrogen-bond donors (Lipinski definition) is 3. The first-order chi connectivity index (χ1) is 37.2. The van der Waals surface area contributed by atoms with E-state index in [4.69, 9.17) is 33.4 Å². The van der Waals surface area contributed by atoms with Crippen LogP contribution in [0.1, 0.15) is 32.2 Å². The molecule has 2 aliphatic heterocycles. The van der Waals surface area contributed by atoms with Crippen molar-refractivity contribution in [2.75, 3.05) is 109 Å². The van der Waals surface area contributed by atoms with E-state index in [9.17, 15) is 10.1 Å². The molecule has 0 atom stereocenters. The van der Waals surface area contributed by atoms with Crippen molar-refractivity contribution in [1.82, 2.24) is 38.9 Å². The van der Waals surface area contributed by atoms with Crippen LogP contribution in [0.25, 0.3) is 44.3 Å². The minimum absolute atomic E-state index is 0.160. The van der Waals surface area contributed by atoms with Crippen molar-refractivity contribution in [2.24, 2.45) is 0 Å². The summed E-state index contributed by atoms with van der Waals surface area (Å²) < 4.78 is 61.0. The number of aromatic nitrogens is 6. The number of nitrogens with one attached hydrogen (secondary N) is 2. The Hall–Kier alpha value is -7.96. The summed E-state index contributed by atoms with van der Waals surface area (Å²) in [5.74, 6) is 1.65. The third-order valence-electron chi connectivity index (χ3n) is 13.2. The van der Waals surface area contributed by atoms with Gasteiger partial charge < -0.3 is 54.6 Å². The van der Waals surface area contributed by atoms with Crippen molar-refractivity contribution in [3.8, 4) is 34.0 Å². The predicted molar refractivity (Wildman–Crippen MR) is 290 cm³/mol. The summed E-state index contributed by atoms with van der Waals surface area (Å²) in [4.78, 5) is 36.0. The van der Waals surface area contributed by atoms with Crippen molar-refractivity contribution in [1.29, 1.82) is 0 Å². The SMILES string of the molecule is [2H]C([2H])([2H])N(C)CCN(C)c1cc(OC)c(Nc2nccc(-c3cn4c5c(cccc35)CCC4)n2)cc1N.[2H]C([2H])([2H])N(C)CCN(C)c1cc(OC)c(Nc2nccc(-c3cn4c5c(cccc35)CCC4)n2)cc1[N+](=O)[O-]. The maximum absolute atomic E-state index is 12.0. The second-order valence-electron chi connectivity index (χ2n) is 18.2. The number of rotatable bonds is 17. The second kappa shape index (κ2) is 21.2. The van der Waals surface area contributed by atoms with Crippen molar-refractivity contribution >= 4 is 67.8 Å². The van der Waals surface area contributed by atoms with Gasteiger partial charge in [0.1, 0.15) is 17.2 Å². The smallest absolute Gasteiger partial charge is 0.294 e. The number of nitro groups is 1. The maximum atomic E-state index is 12.0. The van der Waals surface area contributed by atoms with Gasteiger partial charge in [0.2, 0.25) is 11.9 Å². The van der Waals surface area contributed by atoms with Crippen molar-refractivity contribution < 1.29 is 22.6 Å². The molecule has 4 aromatic carbocycles. The van der Waals surface area contributed by atoms with Crippen LogP contribution in [0.2, 0.25) is 0 Å². The highest BCUT2D eigenvalue weighted by molar-refractivity contribution is 5.98. The molecule has 0 bridgehead atoms. The monoisotopic (exact) mass is 979 g/mol. The fraction of sp³-hybridized carbons (Fsp3) is 0.333. The molecule has 0 spiro atoms. The predicted octanol–water partition coefficient (Wildman–Crippen LogP) is 9.08. The third-order valence-corrected chi connectivity index (χ3v) is 13.2. The van der Waals surface area contributed by atoms with Crippen molar-refractivity contribution in [3.63, 3.8) is 0 Å². The zero-order chi connectivity index (χ0) is 55.6. The molecule has 0 saturated carbocycles. The Balaban J connectivity index is 0.000000190. The molecule has 2 aliphatic rings.